The first-order chi connectivity index (χ1) is 16.1. The molecular weight excluding hydrogens is 437 g/mol. The number of aromatic nitrogens is 2. The molecule has 3 aromatic heterocycles. The lowest BCUT2D eigenvalue weighted by atomic mass is 10.1. The molecule has 0 unspecified atom stereocenters. The fourth-order valence-electron chi connectivity index (χ4n) is 3.34. The Morgan fingerprint density at radius 1 is 1.06 bits per heavy atom. The van der Waals surface area contributed by atoms with E-state index in [-0.39, 0.29) is 11.7 Å². The molecule has 3 heterocycles. The third-order valence-electron chi connectivity index (χ3n) is 5.03. The maximum atomic E-state index is 13.5. The highest BCUT2D eigenvalue weighted by molar-refractivity contribution is 7.15. The molecule has 168 valence electrons. The molecule has 0 aliphatic rings. The van der Waals surface area contributed by atoms with Crippen LogP contribution < -0.4 is 16.4 Å². The van der Waals surface area contributed by atoms with Gasteiger partial charge in [-0.1, -0.05) is 18.2 Å². The fraction of sp³-hybridized carbons (Fsp3) is 0.160. The molecule has 4 N–H and O–H groups in total. The van der Waals surface area contributed by atoms with E-state index in [1.54, 1.807) is 35.9 Å². The van der Waals surface area contributed by atoms with Crippen LogP contribution in [0.25, 0.3) is 10.6 Å². The Hall–Kier alpha value is -3.62. The van der Waals surface area contributed by atoms with Gasteiger partial charge in [0.2, 0.25) is 0 Å². The van der Waals surface area contributed by atoms with Gasteiger partial charge in [-0.2, -0.15) is 0 Å². The van der Waals surface area contributed by atoms with E-state index in [9.17, 15) is 9.18 Å². The zero-order chi connectivity index (χ0) is 23.0. The molecule has 0 atom stereocenters. The van der Waals surface area contributed by atoms with E-state index in [1.165, 1.54) is 12.1 Å². The first-order valence-corrected chi connectivity index (χ1v) is 11.4. The summed E-state index contributed by atoms with van der Waals surface area (Å²) in [7, 11) is 0. The minimum Gasteiger partial charge on any atom is -0.369 e. The summed E-state index contributed by atoms with van der Waals surface area (Å²) >= 11 is 1.57. The van der Waals surface area contributed by atoms with Gasteiger partial charge in [0.05, 0.1) is 16.1 Å². The van der Waals surface area contributed by atoms with Crippen molar-refractivity contribution in [2.75, 3.05) is 11.9 Å². The van der Waals surface area contributed by atoms with E-state index < -0.39 is 0 Å². The number of amides is 1. The largest absolute Gasteiger partial charge is 0.369 e. The van der Waals surface area contributed by atoms with Gasteiger partial charge in [-0.25, -0.2) is 9.37 Å². The molecule has 33 heavy (non-hydrogen) atoms. The zero-order valence-electron chi connectivity index (χ0n) is 17.9. The van der Waals surface area contributed by atoms with Crippen LogP contribution in [0.4, 0.5) is 10.2 Å². The quantitative estimate of drug-likeness (QED) is 0.344. The van der Waals surface area contributed by atoms with Crippen LogP contribution >= 0.6 is 11.3 Å². The van der Waals surface area contributed by atoms with Crippen LogP contribution in [0.3, 0.4) is 0 Å². The van der Waals surface area contributed by atoms with Crippen LogP contribution in [-0.4, -0.2) is 22.4 Å². The van der Waals surface area contributed by atoms with Crippen LogP contribution in [-0.2, 0) is 19.5 Å². The Morgan fingerprint density at radius 3 is 2.70 bits per heavy atom. The lowest BCUT2D eigenvalue weighted by molar-refractivity contribution is 0.0951. The molecule has 1 amide bonds. The van der Waals surface area contributed by atoms with Crippen molar-refractivity contribution >= 4 is 23.1 Å². The van der Waals surface area contributed by atoms with Gasteiger partial charge in [0.1, 0.15) is 11.6 Å². The standard InChI is InChI=1S/C25H24FN5OS/c26-19-5-1-3-17(13-19)10-12-29-24-21(25(32)30-16-18-4-2-11-28-15-18)7-8-22(31-24)23-9-6-20(14-27)33-23/h1-9,11,13,15H,10,12,14,16,27H2,(H,29,31)(H,30,32). The molecule has 0 radical (unpaired) electrons. The number of pyridine rings is 2. The number of hydrogen-bond acceptors (Lipinski definition) is 6. The van der Waals surface area contributed by atoms with Crippen LogP contribution in [0.15, 0.2) is 73.1 Å². The van der Waals surface area contributed by atoms with E-state index in [0.29, 0.717) is 37.4 Å². The van der Waals surface area contributed by atoms with Crippen LogP contribution in [0, 0.1) is 5.82 Å². The number of nitrogens with zero attached hydrogens (tertiary/aromatic N) is 2. The minimum absolute atomic E-state index is 0.236. The highest BCUT2D eigenvalue weighted by Gasteiger charge is 2.15. The average Bonchev–Trinajstić information content (AvgIpc) is 3.33. The van der Waals surface area contributed by atoms with Crippen molar-refractivity contribution in [3.8, 4) is 10.6 Å². The maximum absolute atomic E-state index is 13.5. The molecule has 0 aliphatic carbocycles. The summed E-state index contributed by atoms with van der Waals surface area (Å²) < 4.78 is 13.5. The van der Waals surface area contributed by atoms with Gasteiger partial charge < -0.3 is 16.4 Å². The molecule has 0 bridgehead atoms. The third kappa shape index (κ3) is 6.00. The van der Waals surface area contributed by atoms with Gasteiger partial charge in [-0.3, -0.25) is 9.78 Å². The Morgan fingerprint density at radius 2 is 1.94 bits per heavy atom. The van der Waals surface area contributed by atoms with E-state index in [0.717, 1.165) is 26.6 Å². The number of thiophene rings is 1. The molecule has 4 rings (SSSR count). The summed E-state index contributed by atoms with van der Waals surface area (Å²) in [4.78, 5) is 23.8. The van der Waals surface area contributed by atoms with Crippen LogP contribution in [0.1, 0.15) is 26.4 Å². The summed E-state index contributed by atoms with van der Waals surface area (Å²) in [6, 6.07) is 17.8. The average molecular weight is 462 g/mol. The predicted octanol–water partition coefficient (Wildman–Crippen LogP) is 4.39. The molecule has 0 saturated carbocycles. The van der Waals surface area contributed by atoms with E-state index in [1.807, 2.05) is 36.4 Å². The normalized spacial score (nSPS) is 10.7. The van der Waals surface area contributed by atoms with Gasteiger partial charge in [-0.15, -0.1) is 11.3 Å². The maximum Gasteiger partial charge on any atom is 0.255 e. The van der Waals surface area contributed by atoms with Crippen molar-refractivity contribution in [2.24, 2.45) is 5.73 Å². The highest BCUT2D eigenvalue weighted by atomic mass is 32.1. The molecule has 0 fully saturated rings. The summed E-state index contributed by atoms with van der Waals surface area (Å²) in [5.41, 5.74) is 8.72. The van der Waals surface area contributed by atoms with Crippen molar-refractivity contribution in [3.63, 3.8) is 0 Å². The fourth-order valence-corrected chi connectivity index (χ4v) is 4.19. The lowest BCUT2D eigenvalue weighted by Gasteiger charge is -2.13. The van der Waals surface area contributed by atoms with E-state index >= 15 is 0 Å². The summed E-state index contributed by atoms with van der Waals surface area (Å²) in [6.45, 7) is 1.33. The second-order valence-electron chi connectivity index (χ2n) is 7.41. The molecular formula is C25H24FN5OS. The van der Waals surface area contributed by atoms with Crippen molar-refractivity contribution < 1.29 is 9.18 Å². The molecule has 0 saturated heterocycles. The monoisotopic (exact) mass is 461 g/mol. The Kier molecular flexibility index (Phi) is 7.39. The Labute approximate surface area is 195 Å². The smallest absolute Gasteiger partial charge is 0.255 e. The predicted molar refractivity (Wildman–Crippen MR) is 129 cm³/mol. The second-order valence-corrected chi connectivity index (χ2v) is 8.58. The minimum atomic E-state index is -0.267. The number of carbonyl (C=O) groups is 1. The van der Waals surface area contributed by atoms with Gasteiger partial charge in [0.15, 0.2) is 0 Å². The first-order valence-electron chi connectivity index (χ1n) is 10.6. The van der Waals surface area contributed by atoms with E-state index in [2.05, 4.69) is 15.6 Å². The van der Waals surface area contributed by atoms with Gasteiger partial charge in [0, 0.05) is 36.9 Å². The van der Waals surface area contributed by atoms with Crippen molar-refractivity contribution in [1.29, 1.82) is 0 Å². The highest BCUT2D eigenvalue weighted by Crippen LogP contribution is 2.28. The third-order valence-corrected chi connectivity index (χ3v) is 6.16. The van der Waals surface area contributed by atoms with Crippen LogP contribution in [0.2, 0.25) is 0 Å². The number of halogens is 1. The number of hydrogen-bond donors (Lipinski definition) is 3. The van der Waals surface area contributed by atoms with Crippen molar-refractivity contribution in [1.82, 2.24) is 15.3 Å². The molecule has 8 heteroatoms. The van der Waals surface area contributed by atoms with Crippen LogP contribution in [0.5, 0.6) is 0 Å². The molecule has 4 aromatic rings. The molecule has 6 nitrogen and oxygen atoms in total. The SMILES string of the molecule is NCc1ccc(-c2ccc(C(=O)NCc3cccnc3)c(NCCc3cccc(F)c3)n2)s1. The summed E-state index contributed by atoms with van der Waals surface area (Å²) in [6.07, 6.45) is 4.00. The van der Waals surface area contributed by atoms with Crippen molar-refractivity contribution in [2.45, 2.75) is 19.5 Å². The number of benzene rings is 1. The number of anilines is 1. The Balaban J connectivity index is 1.53. The number of nitrogens with one attached hydrogen (secondary N) is 2. The summed E-state index contributed by atoms with van der Waals surface area (Å²) in [5.74, 6) is -0.0215. The first kappa shape index (κ1) is 22.6. The zero-order valence-corrected chi connectivity index (χ0v) is 18.7. The van der Waals surface area contributed by atoms with Crippen molar-refractivity contribution in [3.05, 3.63) is 100 Å². The molecule has 1 aromatic carbocycles. The van der Waals surface area contributed by atoms with Gasteiger partial charge >= 0.3 is 0 Å². The lowest BCUT2D eigenvalue weighted by Crippen LogP contribution is -2.24. The van der Waals surface area contributed by atoms with Gasteiger partial charge in [0.25, 0.3) is 5.91 Å². The van der Waals surface area contributed by atoms with E-state index in [4.69, 9.17) is 10.7 Å². The molecule has 0 spiro atoms. The topological polar surface area (TPSA) is 92.9 Å². The number of carbonyl (C=O) groups excluding carboxylic acids is 1. The Bertz CT molecular complexity index is 1230. The van der Waals surface area contributed by atoms with Gasteiger partial charge in [-0.05, 0) is 60.0 Å². The second kappa shape index (κ2) is 10.8. The number of rotatable bonds is 9. The molecule has 0 aliphatic heterocycles. The summed E-state index contributed by atoms with van der Waals surface area (Å²) in [5, 5.41) is 6.19. The number of nitrogens with two attached hydrogens (primary N) is 1.